The van der Waals surface area contributed by atoms with Gasteiger partial charge in [-0.2, -0.15) is 0 Å². The van der Waals surface area contributed by atoms with Crippen LogP contribution in [0.5, 0.6) is 5.75 Å². The molecule has 2 atom stereocenters. The van der Waals surface area contributed by atoms with Gasteiger partial charge in [-0.05, 0) is 31.2 Å². The molecule has 0 spiro atoms. The second-order valence-electron chi connectivity index (χ2n) is 5.35. The minimum Gasteiger partial charge on any atom is -0.487 e. The third-order valence-corrected chi connectivity index (χ3v) is 4.00. The Morgan fingerprint density at radius 2 is 1.81 bits per heavy atom. The maximum absolute atomic E-state index is 13.7. The number of ether oxygens (including phenoxy) is 1. The fraction of sp³-hybridized carbons (Fsp3) is 0.571. The number of non-ortho nitro benzene ring substituents is 1. The number of nitro benzene ring substituents is 1. The molecule has 21 heavy (non-hydrogen) atoms. The van der Waals surface area contributed by atoms with E-state index in [-0.39, 0.29) is 12.5 Å². The molecule has 116 valence electrons. The molecule has 2 rings (SSSR count). The zero-order valence-electron chi connectivity index (χ0n) is 11.6. The summed E-state index contributed by atoms with van der Waals surface area (Å²) in [5.74, 6) is -2.20. The van der Waals surface area contributed by atoms with E-state index in [1.807, 2.05) is 0 Å². The van der Waals surface area contributed by atoms with Gasteiger partial charge in [0.15, 0.2) is 17.4 Å². The van der Waals surface area contributed by atoms with E-state index in [1.54, 1.807) is 0 Å². The van der Waals surface area contributed by atoms with Crippen molar-refractivity contribution in [1.82, 2.24) is 0 Å². The molecule has 0 amide bonds. The van der Waals surface area contributed by atoms with E-state index in [2.05, 4.69) is 0 Å². The number of hydrogen-bond donors (Lipinski definition) is 1. The van der Waals surface area contributed by atoms with Crippen molar-refractivity contribution in [2.75, 3.05) is 13.2 Å². The van der Waals surface area contributed by atoms with Crippen LogP contribution in [0.2, 0.25) is 0 Å². The summed E-state index contributed by atoms with van der Waals surface area (Å²) in [6.07, 6.45) is 4.07. The van der Waals surface area contributed by atoms with Crippen LogP contribution in [0.25, 0.3) is 0 Å². The third kappa shape index (κ3) is 3.66. The first-order valence-electron chi connectivity index (χ1n) is 6.99. The van der Waals surface area contributed by atoms with Crippen molar-refractivity contribution in [3.63, 3.8) is 0 Å². The highest BCUT2D eigenvalue weighted by atomic mass is 19.1. The first kappa shape index (κ1) is 15.6. The number of hydrogen-bond acceptors (Lipinski definition) is 4. The van der Waals surface area contributed by atoms with E-state index in [4.69, 9.17) is 10.5 Å². The summed E-state index contributed by atoms with van der Waals surface area (Å²) in [6, 6.07) is 1.33. The van der Waals surface area contributed by atoms with Crippen LogP contribution in [0.15, 0.2) is 12.1 Å². The van der Waals surface area contributed by atoms with Gasteiger partial charge in [0.05, 0.1) is 23.7 Å². The van der Waals surface area contributed by atoms with Crippen molar-refractivity contribution in [3.8, 4) is 5.75 Å². The smallest absolute Gasteiger partial charge is 0.275 e. The highest BCUT2D eigenvalue weighted by Crippen LogP contribution is 2.32. The van der Waals surface area contributed by atoms with Gasteiger partial charge in [-0.1, -0.05) is 12.8 Å². The van der Waals surface area contributed by atoms with Gasteiger partial charge in [0.1, 0.15) is 0 Å². The molecule has 1 aliphatic carbocycles. The second-order valence-corrected chi connectivity index (χ2v) is 5.35. The molecule has 0 radical (unpaired) electrons. The van der Waals surface area contributed by atoms with Crippen LogP contribution in [-0.4, -0.2) is 18.1 Å². The van der Waals surface area contributed by atoms with Crippen LogP contribution in [0.1, 0.15) is 25.7 Å². The van der Waals surface area contributed by atoms with Crippen LogP contribution in [0, 0.1) is 33.6 Å². The van der Waals surface area contributed by atoms with Crippen molar-refractivity contribution in [2.45, 2.75) is 25.7 Å². The lowest BCUT2D eigenvalue weighted by Crippen LogP contribution is -2.31. The molecule has 1 aliphatic rings. The fourth-order valence-corrected chi connectivity index (χ4v) is 2.79. The molecule has 0 saturated heterocycles. The number of benzene rings is 1. The largest absolute Gasteiger partial charge is 0.487 e. The number of halogens is 2. The van der Waals surface area contributed by atoms with Crippen LogP contribution in [0.4, 0.5) is 14.5 Å². The molecule has 0 aromatic heterocycles. The molecular formula is C14H18F2N2O3. The summed E-state index contributed by atoms with van der Waals surface area (Å²) in [5, 5.41) is 10.5. The third-order valence-electron chi connectivity index (χ3n) is 4.00. The Kier molecular flexibility index (Phi) is 5.06. The summed E-state index contributed by atoms with van der Waals surface area (Å²) >= 11 is 0. The standard InChI is InChI=1S/C14H18F2N2O3/c15-12-5-11(18(19)20)6-13(16)14(12)21-8-10-4-2-1-3-9(10)7-17/h5-6,9-10H,1-4,7-8,17H2. The molecule has 0 heterocycles. The molecule has 1 aromatic carbocycles. The molecule has 0 bridgehead atoms. The molecule has 1 saturated carbocycles. The first-order valence-corrected chi connectivity index (χ1v) is 6.99. The summed E-state index contributed by atoms with van der Waals surface area (Å²) in [7, 11) is 0. The van der Waals surface area contributed by atoms with Crippen molar-refractivity contribution >= 4 is 5.69 Å². The SMILES string of the molecule is NCC1CCCCC1COc1c(F)cc([N+](=O)[O-])cc1F. The van der Waals surface area contributed by atoms with E-state index in [0.717, 1.165) is 25.7 Å². The maximum atomic E-state index is 13.7. The Labute approximate surface area is 121 Å². The number of rotatable bonds is 5. The van der Waals surface area contributed by atoms with E-state index in [1.165, 1.54) is 0 Å². The van der Waals surface area contributed by atoms with Crippen LogP contribution >= 0.6 is 0 Å². The normalized spacial score (nSPS) is 22.0. The fourth-order valence-electron chi connectivity index (χ4n) is 2.79. The van der Waals surface area contributed by atoms with E-state index in [0.29, 0.717) is 24.6 Å². The van der Waals surface area contributed by atoms with Gasteiger partial charge in [-0.3, -0.25) is 10.1 Å². The van der Waals surface area contributed by atoms with Gasteiger partial charge in [0.25, 0.3) is 5.69 Å². The lowest BCUT2D eigenvalue weighted by molar-refractivity contribution is -0.385. The minimum absolute atomic E-state index is 0.165. The van der Waals surface area contributed by atoms with Gasteiger partial charge in [-0.25, -0.2) is 8.78 Å². The Bertz CT molecular complexity index is 502. The number of nitrogens with zero attached hydrogens (tertiary/aromatic N) is 1. The van der Waals surface area contributed by atoms with E-state index in [9.17, 15) is 18.9 Å². The van der Waals surface area contributed by atoms with Crippen molar-refractivity contribution in [3.05, 3.63) is 33.9 Å². The van der Waals surface area contributed by atoms with Crippen LogP contribution in [-0.2, 0) is 0 Å². The molecule has 2 N–H and O–H groups in total. The predicted octanol–water partition coefficient (Wildman–Crippen LogP) is 3.02. The molecule has 5 nitrogen and oxygen atoms in total. The van der Waals surface area contributed by atoms with Crippen molar-refractivity contribution in [2.24, 2.45) is 17.6 Å². The summed E-state index contributed by atoms with van der Waals surface area (Å²) in [4.78, 5) is 9.68. The predicted molar refractivity (Wildman–Crippen MR) is 73.0 cm³/mol. The van der Waals surface area contributed by atoms with Gasteiger partial charge < -0.3 is 10.5 Å². The molecule has 7 heteroatoms. The minimum atomic E-state index is -1.05. The number of nitrogens with two attached hydrogens (primary N) is 1. The van der Waals surface area contributed by atoms with E-state index < -0.39 is 28.0 Å². The summed E-state index contributed by atoms with van der Waals surface area (Å²) in [6.45, 7) is 0.701. The second kappa shape index (κ2) is 6.80. The molecule has 1 aromatic rings. The average Bonchev–Trinajstić information content (AvgIpc) is 2.46. The highest BCUT2D eigenvalue weighted by molar-refractivity contribution is 5.39. The number of nitro groups is 1. The zero-order valence-corrected chi connectivity index (χ0v) is 11.6. The summed E-state index contributed by atoms with van der Waals surface area (Å²) in [5.41, 5.74) is 5.07. The quantitative estimate of drug-likeness (QED) is 0.669. The zero-order chi connectivity index (χ0) is 15.4. The molecule has 0 aliphatic heterocycles. The topological polar surface area (TPSA) is 78.4 Å². The van der Waals surface area contributed by atoms with Crippen LogP contribution < -0.4 is 10.5 Å². The molecular weight excluding hydrogens is 282 g/mol. The lowest BCUT2D eigenvalue weighted by Gasteiger charge is -2.30. The monoisotopic (exact) mass is 300 g/mol. The Balaban J connectivity index is 2.07. The Morgan fingerprint density at radius 3 is 2.33 bits per heavy atom. The molecule has 2 unspecified atom stereocenters. The average molecular weight is 300 g/mol. The van der Waals surface area contributed by atoms with Crippen LogP contribution in [0.3, 0.4) is 0 Å². The van der Waals surface area contributed by atoms with Gasteiger partial charge >= 0.3 is 0 Å². The van der Waals surface area contributed by atoms with Crippen molar-refractivity contribution < 1.29 is 18.4 Å². The highest BCUT2D eigenvalue weighted by Gasteiger charge is 2.26. The van der Waals surface area contributed by atoms with Gasteiger partial charge in [0, 0.05) is 0 Å². The Morgan fingerprint density at radius 1 is 1.24 bits per heavy atom. The lowest BCUT2D eigenvalue weighted by atomic mass is 9.80. The van der Waals surface area contributed by atoms with E-state index >= 15 is 0 Å². The maximum Gasteiger partial charge on any atom is 0.275 e. The van der Waals surface area contributed by atoms with Crippen molar-refractivity contribution in [1.29, 1.82) is 0 Å². The first-order chi connectivity index (χ1) is 10.0. The van der Waals surface area contributed by atoms with Gasteiger partial charge in [0.2, 0.25) is 0 Å². The van der Waals surface area contributed by atoms with Gasteiger partial charge in [-0.15, -0.1) is 0 Å². The molecule has 1 fully saturated rings. The Hall–Kier alpha value is -1.76. The summed E-state index contributed by atoms with van der Waals surface area (Å²) < 4.78 is 32.7.